The molecule has 1 aromatic rings. The number of rotatable bonds is 2. The smallest absolute Gasteiger partial charge is 0.129 e. The van der Waals surface area contributed by atoms with Gasteiger partial charge < -0.3 is 0 Å². The highest BCUT2D eigenvalue weighted by Gasteiger charge is 2.07. The number of hydrogen-bond acceptors (Lipinski definition) is 1. The fourth-order valence-electron chi connectivity index (χ4n) is 1.21. The topological polar surface area (TPSA) is 48.8 Å². The Morgan fingerprint density at radius 2 is 2.00 bits per heavy atom. The van der Waals surface area contributed by atoms with E-state index in [0.717, 1.165) is 5.56 Å². The predicted octanol–water partition coefficient (Wildman–Crippen LogP) is 4.05. The van der Waals surface area contributed by atoms with Crippen LogP contribution >= 0.6 is 0 Å². The van der Waals surface area contributed by atoms with E-state index in [0.29, 0.717) is 12.1 Å². The molecule has 0 fully saturated rings. The number of azide groups is 1. The third-order valence-corrected chi connectivity index (χ3v) is 2.81. The van der Waals surface area contributed by atoms with Gasteiger partial charge in [-0.25, -0.2) is 0 Å². The van der Waals surface area contributed by atoms with Crippen molar-refractivity contribution in [2.24, 2.45) is 5.11 Å². The quantitative estimate of drug-likeness (QED) is 0.241. The van der Waals surface area contributed by atoms with Crippen molar-refractivity contribution in [2.75, 3.05) is 0 Å². The monoisotopic (exact) mass is 229 g/mol. The number of nitrogens with zero attached hydrogens (tertiary/aromatic N) is 3. The van der Waals surface area contributed by atoms with Gasteiger partial charge in [-0.1, -0.05) is 49.0 Å². The van der Waals surface area contributed by atoms with Crippen LogP contribution in [0.1, 0.15) is 5.56 Å². The van der Waals surface area contributed by atoms with E-state index in [1.807, 2.05) is 24.3 Å². The Labute approximate surface area is 97.1 Å². The van der Waals surface area contributed by atoms with Crippen LogP contribution in [0.5, 0.6) is 0 Å². The molecule has 1 rings (SSSR count). The van der Waals surface area contributed by atoms with Gasteiger partial charge in [-0.2, -0.15) is 0 Å². The van der Waals surface area contributed by atoms with E-state index in [-0.39, 0.29) is 0 Å². The van der Waals surface area contributed by atoms with Crippen LogP contribution in [0, 0.1) is 11.5 Å². The van der Waals surface area contributed by atoms with E-state index in [2.05, 4.69) is 41.1 Å². The van der Waals surface area contributed by atoms with Crippen molar-refractivity contribution in [1.82, 2.24) is 0 Å². The van der Waals surface area contributed by atoms with Gasteiger partial charge in [-0.15, -0.1) is 11.5 Å². The van der Waals surface area contributed by atoms with Crippen LogP contribution in [0.3, 0.4) is 0 Å². The Balaban J connectivity index is 2.88. The molecule has 0 bridgehead atoms. The summed E-state index contributed by atoms with van der Waals surface area (Å²) in [5.41, 5.74) is 13.4. The molecule has 3 nitrogen and oxygen atoms in total. The molecule has 0 spiro atoms. The second kappa shape index (κ2) is 5.41. The summed E-state index contributed by atoms with van der Waals surface area (Å²) in [7, 11) is -1.31. The normalized spacial score (nSPS) is 9.94. The third-order valence-electron chi connectivity index (χ3n) is 1.89. The van der Waals surface area contributed by atoms with E-state index in [1.165, 1.54) is 0 Å². The van der Waals surface area contributed by atoms with E-state index in [1.54, 1.807) is 0 Å². The van der Waals surface area contributed by atoms with Gasteiger partial charge in [0.05, 0.1) is 0 Å². The minimum Gasteiger partial charge on any atom is -0.132 e. The molecule has 0 saturated carbocycles. The van der Waals surface area contributed by atoms with Crippen LogP contribution < -0.4 is 0 Å². The minimum absolute atomic E-state index is 0.652. The minimum atomic E-state index is -1.31. The average Bonchev–Trinajstić information content (AvgIpc) is 2.19. The maximum Gasteiger partial charge on any atom is 0.129 e. The van der Waals surface area contributed by atoms with Crippen molar-refractivity contribution in [3.63, 3.8) is 0 Å². The van der Waals surface area contributed by atoms with E-state index in [9.17, 15) is 0 Å². The van der Waals surface area contributed by atoms with Gasteiger partial charge in [0.25, 0.3) is 0 Å². The molecule has 0 N–H and O–H groups in total. The van der Waals surface area contributed by atoms with Crippen LogP contribution in [0.2, 0.25) is 19.6 Å². The molecule has 0 aliphatic heterocycles. The van der Waals surface area contributed by atoms with Gasteiger partial charge in [0, 0.05) is 17.0 Å². The standard InChI is InChI=1S/C12H15N3Si/c1-16(2,3)10-6-8-11-7-4-5-9-12(11)14-15-13/h4-5,7,9H,8H2,1-3H3. The fourth-order valence-corrected chi connectivity index (χ4v) is 1.83. The van der Waals surface area contributed by atoms with Crippen molar-refractivity contribution in [1.29, 1.82) is 0 Å². The molecule has 16 heavy (non-hydrogen) atoms. The summed E-state index contributed by atoms with van der Waals surface area (Å²) in [5, 5.41) is 3.65. The molecule has 4 heteroatoms. The number of hydrogen-bond donors (Lipinski definition) is 0. The van der Waals surface area contributed by atoms with Gasteiger partial charge in [-0.3, -0.25) is 0 Å². The Morgan fingerprint density at radius 1 is 1.31 bits per heavy atom. The molecule has 0 aliphatic rings. The van der Waals surface area contributed by atoms with Crippen molar-refractivity contribution in [2.45, 2.75) is 26.1 Å². The summed E-state index contributed by atoms with van der Waals surface area (Å²) in [6, 6.07) is 7.55. The molecule has 0 unspecified atom stereocenters. The second-order valence-corrected chi connectivity index (χ2v) is 9.30. The Kier molecular flexibility index (Phi) is 4.18. The first-order valence-corrected chi connectivity index (χ1v) is 8.66. The van der Waals surface area contributed by atoms with Crippen LogP contribution in [0.15, 0.2) is 29.4 Å². The second-order valence-electron chi connectivity index (χ2n) is 4.55. The Bertz CT molecular complexity index is 471. The SMILES string of the molecule is C[Si](C)(C)C#CCc1ccccc1N=[N+]=[N-]. The molecule has 82 valence electrons. The Hall–Kier alpha value is -1.69. The lowest BCUT2D eigenvalue weighted by molar-refractivity contribution is 1.28. The van der Waals surface area contributed by atoms with E-state index < -0.39 is 8.07 Å². The highest BCUT2D eigenvalue weighted by atomic mass is 28.3. The number of benzene rings is 1. The first-order valence-electron chi connectivity index (χ1n) is 5.16. The van der Waals surface area contributed by atoms with Crippen LogP contribution in [0.4, 0.5) is 5.69 Å². The summed E-state index contributed by atoms with van der Waals surface area (Å²) in [5.74, 6) is 3.17. The lowest BCUT2D eigenvalue weighted by Crippen LogP contribution is -2.16. The largest absolute Gasteiger partial charge is 0.132 e. The highest BCUT2D eigenvalue weighted by Crippen LogP contribution is 2.18. The maximum absolute atomic E-state index is 8.43. The lowest BCUT2D eigenvalue weighted by atomic mass is 10.1. The molecule has 1 aromatic carbocycles. The summed E-state index contributed by atoms with van der Waals surface area (Å²) in [6.07, 6.45) is 0.652. The summed E-state index contributed by atoms with van der Waals surface area (Å²) in [4.78, 5) is 2.81. The van der Waals surface area contributed by atoms with Crippen LogP contribution in [-0.4, -0.2) is 8.07 Å². The van der Waals surface area contributed by atoms with Gasteiger partial charge in [0.2, 0.25) is 0 Å². The molecular formula is C12H15N3Si. The third kappa shape index (κ3) is 4.22. The van der Waals surface area contributed by atoms with Crippen LogP contribution in [0.25, 0.3) is 10.4 Å². The van der Waals surface area contributed by atoms with Gasteiger partial charge in [0.15, 0.2) is 0 Å². The first-order chi connectivity index (χ1) is 7.53. The first kappa shape index (κ1) is 12.4. The zero-order valence-corrected chi connectivity index (χ0v) is 10.9. The molecule has 0 amide bonds. The molecule has 0 atom stereocenters. The molecule has 0 heterocycles. The summed E-state index contributed by atoms with van der Waals surface area (Å²) in [6.45, 7) is 6.62. The maximum atomic E-state index is 8.43. The van der Waals surface area contributed by atoms with Crippen molar-refractivity contribution in [3.8, 4) is 11.5 Å². The molecular weight excluding hydrogens is 214 g/mol. The lowest BCUT2D eigenvalue weighted by Gasteiger charge is -2.04. The van der Waals surface area contributed by atoms with Crippen molar-refractivity contribution in [3.05, 3.63) is 40.3 Å². The van der Waals surface area contributed by atoms with E-state index in [4.69, 9.17) is 5.53 Å². The molecule has 0 aliphatic carbocycles. The van der Waals surface area contributed by atoms with Crippen molar-refractivity contribution < 1.29 is 0 Å². The predicted molar refractivity (Wildman–Crippen MR) is 70.1 cm³/mol. The summed E-state index contributed by atoms with van der Waals surface area (Å²) < 4.78 is 0. The van der Waals surface area contributed by atoms with Gasteiger partial charge >= 0.3 is 0 Å². The zero-order valence-electron chi connectivity index (χ0n) is 9.86. The summed E-state index contributed by atoms with van der Waals surface area (Å²) >= 11 is 0. The highest BCUT2D eigenvalue weighted by molar-refractivity contribution is 6.83. The van der Waals surface area contributed by atoms with Crippen molar-refractivity contribution >= 4 is 13.8 Å². The Morgan fingerprint density at radius 3 is 2.62 bits per heavy atom. The molecule has 0 radical (unpaired) electrons. The van der Waals surface area contributed by atoms with Gasteiger partial charge in [0.1, 0.15) is 8.07 Å². The van der Waals surface area contributed by atoms with Gasteiger partial charge in [-0.05, 0) is 11.1 Å². The zero-order chi connectivity index (χ0) is 12.0. The molecule has 0 saturated heterocycles. The van der Waals surface area contributed by atoms with E-state index >= 15 is 0 Å². The molecule has 0 aromatic heterocycles. The van der Waals surface area contributed by atoms with Crippen LogP contribution in [-0.2, 0) is 6.42 Å². The fraction of sp³-hybridized carbons (Fsp3) is 0.333. The average molecular weight is 229 g/mol.